The number of aliphatic imine (C=N–C) groups is 1. The summed E-state index contributed by atoms with van der Waals surface area (Å²) in [6.07, 6.45) is 0. The van der Waals surface area contributed by atoms with Crippen LogP contribution in [-0.4, -0.2) is 35.0 Å². The van der Waals surface area contributed by atoms with Gasteiger partial charge in [-0.3, -0.25) is 4.99 Å². The number of nitrogens with zero attached hydrogens (tertiary/aromatic N) is 1. The Morgan fingerprint density at radius 1 is 1.14 bits per heavy atom. The van der Waals surface area contributed by atoms with Crippen molar-refractivity contribution in [3.8, 4) is 0 Å². The van der Waals surface area contributed by atoms with E-state index in [4.69, 9.17) is 11.6 Å². The summed E-state index contributed by atoms with van der Waals surface area (Å²) in [4.78, 5) is 4.41. The Kier molecular flexibility index (Phi) is 7.62. The molecule has 2 aromatic rings. The monoisotopic (exact) mass is 440 g/mol. The molecule has 0 bridgehead atoms. The maximum Gasteiger partial charge on any atom is 0.240 e. The van der Waals surface area contributed by atoms with Gasteiger partial charge in [0.1, 0.15) is 5.82 Å². The molecule has 0 saturated carbocycles. The molecule has 0 amide bonds. The molecular weight excluding hydrogens is 415 g/mol. The van der Waals surface area contributed by atoms with Crippen molar-refractivity contribution < 1.29 is 12.8 Å². The predicted octanol–water partition coefficient (Wildman–Crippen LogP) is 3.03. The average molecular weight is 441 g/mol. The SMILES string of the molecule is CN=C(NCc1ccc(S(=O)(=O)NC)cc1)NCC(C)(C)c1ccc(F)cc1Cl. The summed E-state index contributed by atoms with van der Waals surface area (Å²) < 4.78 is 39.1. The van der Waals surface area contributed by atoms with E-state index in [9.17, 15) is 12.8 Å². The van der Waals surface area contributed by atoms with Crippen LogP contribution in [0.2, 0.25) is 5.02 Å². The van der Waals surface area contributed by atoms with Crippen molar-refractivity contribution in [2.75, 3.05) is 20.6 Å². The lowest BCUT2D eigenvalue weighted by Gasteiger charge is -2.27. The van der Waals surface area contributed by atoms with Crippen LogP contribution in [0.15, 0.2) is 52.4 Å². The predicted molar refractivity (Wildman–Crippen MR) is 115 cm³/mol. The molecule has 0 saturated heterocycles. The van der Waals surface area contributed by atoms with Crippen molar-refractivity contribution in [3.05, 3.63) is 64.4 Å². The lowest BCUT2D eigenvalue weighted by atomic mass is 9.84. The fourth-order valence-electron chi connectivity index (χ4n) is 2.75. The molecule has 0 aliphatic carbocycles. The first-order valence-electron chi connectivity index (χ1n) is 9.01. The molecule has 0 fully saturated rings. The highest BCUT2D eigenvalue weighted by Crippen LogP contribution is 2.29. The maximum atomic E-state index is 13.3. The van der Waals surface area contributed by atoms with Gasteiger partial charge in [-0.15, -0.1) is 0 Å². The molecule has 29 heavy (non-hydrogen) atoms. The first-order chi connectivity index (χ1) is 13.6. The smallest absolute Gasteiger partial charge is 0.240 e. The zero-order valence-corrected chi connectivity index (χ0v) is 18.5. The number of nitrogens with one attached hydrogen (secondary N) is 3. The van der Waals surface area contributed by atoms with Gasteiger partial charge in [-0.1, -0.05) is 43.6 Å². The third-order valence-electron chi connectivity index (χ3n) is 4.54. The first kappa shape index (κ1) is 23.1. The minimum atomic E-state index is -3.45. The number of hydrogen-bond acceptors (Lipinski definition) is 3. The molecule has 158 valence electrons. The summed E-state index contributed by atoms with van der Waals surface area (Å²) in [6.45, 7) is 5.01. The van der Waals surface area contributed by atoms with Gasteiger partial charge >= 0.3 is 0 Å². The van der Waals surface area contributed by atoms with Gasteiger partial charge in [0.25, 0.3) is 0 Å². The van der Waals surface area contributed by atoms with Gasteiger partial charge in [0.15, 0.2) is 5.96 Å². The summed E-state index contributed by atoms with van der Waals surface area (Å²) in [5, 5.41) is 6.82. The highest BCUT2D eigenvalue weighted by atomic mass is 35.5. The van der Waals surface area contributed by atoms with E-state index in [-0.39, 0.29) is 16.1 Å². The Morgan fingerprint density at radius 2 is 1.79 bits per heavy atom. The van der Waals surface area contributed by atoms with Crippen molar-refractivity contribution in [1.29, 1.82) is 0 Å². The summed E-state index contributed by atoms with van der Waals surface area (Å²) in [7, 11) is -0.411. The van der Waals surface area contributed by atoms with Crippen LogP contribution < -0.4 is 15.4 Å². The lowest BCUT2D eigenvalue weighted by molar-refractivity contribution is 0.507. The Hall–Kier alpha value is -2.16. The van der Waals surface area contributed by atoms with Gasteiger partial charge in [0.2, 0.25) is 10.0 Å². The van der Waals surface area contributed by atoms with Crippen LogP contribution in [0, 0.1) is 5.82 Å². The van der Waals surface area contributed by atoms with Crippen molar-refractivity contribution in [1.82, 2.24) is 15.4 Å². The van der Waals surface area contributed by atoms with E-state index in [2.05, 4.69) is 20.3 Å². The first-order valence-corrected chi connectivity index (χ1v) is 10.9. The van der Waals surface area contributed by atoms with Crippen LogP contribution in [0.4, 0.5) is 4.39 Å². The molecule has 9 heteroatoms. The lowest BCUT2D eigenvalue weighted by Crippen LogP contribution is -2.43. The van der Waals surface area contributed by atoms with Crippen molar-refractivity contribution in [3.63, 3.8) is 0 Å². The van der Waals surface area contributed by atoms with E-state index in [0.29, 0.717) is 24.1 Å². The Morgan fingerprint density at radius 3 is 2.34 bits per heavy atom. The maximum absolute atomic E-state index is 13.3. The molecule has 0 radical (unpaired) electrons. The van der Waals surface area contributed by atoms with E-state index >= 15 is 0 Å². The summed E-state index contributed by atoms with van der Waals surface area (Å²) in [6, 6.07) is 11.0. The summed E-state index contributed by atoms with van der Waals surface area (Å²) >= 11 is 6.20. The van der Waals surface area contributed by atoms with Gasteiger partial charge in [0.05, 0.1) is 4.90 Å². The van der Waals surface area contributed by atoms with Crippen LogP contribution >= 0.6 is 11.6 Å². The third-order valence-corrected chi connectivity index (χ3v) is 6.29. The normalized spacial score (nSPS) is 12.7. The number of rotatable bonds is 7. The van der Waals surface area contributed by atoms with Crippen LogP contribution in [0.25, 0.3) is 0 Å². The Bertz CT molecular complexity index is 976. The van der Waals surface area contributed by atoms with Crippen LogP contribution in [0.3, 0.4) is 0 Å². The van der Waals surface area contributed by atoms with E-state index < -0.39 is 10.0 Å². The van der Waals surface area contributed by atoms with Crippen molar-refractivity contribution in [2.24, 2.45) is 4.99 Å². The van der Waals surface area contributed by atoms with E-state index in [1.807, 2.05) is 13.8 Å². The molecular formula is C20H26ClFN4O2S. The van der Waals surface area contributed by atoms with E-state index in [1.54, 1.807) is 37.4 Å². The van der Waals surface area contributed by atoms with Gasteiger partial charge in [-0.25, -0.2) is 17.5 Å². The molecule has 0 spiro atoms. The van der Waals surface area contributed by atoms with Gasteiger partial charge in [-0.05, 0) is 42.4 Å². The van der Waals surface area contributed by atoms with Crippen molar-refractivity contribution in [2.45, 2.75) is 30.7 Å². The number of guanidine groups is 1. The average Bonchev–Trinajstić information content (AvgIpc) is 2.68. The fourth-order valence-corrected chi connectivity index (χ4v) is 3.90. The second kappa shape index (κ2) is 9.56. The van der Waals surface area contributed by atoms with Gasteiger partial charge < -0.3 is 10.6 Å². The standard InChI is InChI=1S/C20H26ClFN4O2S/c1-20(2,17-10-7-15(22)11-18(17)21)13-26-19(23-3)25-12-14-5-8-16(9-6-14)29(27,28)24-4/h5-11,24H,12-13H2,1-4H3,(H2,23,25,26). The van der Waals surface area contributed by atoms with Crippen molar-refractivity contribution >= 4 is 27.6 Å². The minimum absolute atomic E-state index is 0.212. The molecule has 0 heterocycles. The summed E-state index contributed by atoms with van der Waals surface area (Å²) in [5.74, 6) is 0.219. The molecule has 0 atom stereocenters. The summed E-state index contributed by atoms with van der Waals surface area (Å²) in [5.41, 5.74) is 1.39. The topological polar surface area (TPSA) is 82.6 Å². The Balaban J connectivity index is 1.97. The zero-order valence-electron chi connectivity index (χ0n) is 16.9. The number of benzene rings is 2. The quantitative estimate of drug-likeness (QED) is 0.456. The molecule has 6 nitrogen and oxygen atoms in total. The molecule has 0 aromatic heterocycles. The fraction of sp³-hybridized carbons (Fsp3) is 0.350. The molecule has 0 aliphatic rings. The molecule has 2 aromatic carbocycles. The highest BCUT2D eigenvalue weighted by molar-refractivity contribution is 7.89. The van der Waals surface area contributed by atoms with Gasteiger partial charge in [0, 0.05) is 30.6 Å². The third kappa shape index (κ3) is 6.16. The molecule has 0 aliphatic heterocycles. The zero-order chi connectivity index (χ0) is 21.7. The van der Waals surface area contributed by atoms with Crippen LogP contribution in [0.1, 0.15) is 25.0 Å². The number of hydrogen-bond donors (Lipinski definition) is 3. The van der Waals surface area contributed by atoms with Gasteiger partial charge in [-0.2, -0.15) is 0 Å². The Labute approximate surface area is 176 Å². The van der Waals surface area contributed by atoms with Crippen LogP contribution in [-0.2, 0) is 22.0 Å². The molecule has 2 rings (SSSR count). The number of sulfonamides is 1. The van der Waals surface area contributed by atoms with E-state index in [0.717, 1.165) is 11.1 Å². The minimum Gasteiger partial charge on any atom is -0.356 e. The van der Waals surface area contributed by atoms with Crippen LogP contribution in [0.5, 0.6) is 0 Å². The largest absolute Gasteiger partial charge is 0.356 e. The molecule has 3 N–H and O–H groups in total. The molecule has 0 unspecified atom stereocenters. The second-order valence-electron chi connectivity index (χ2n) is 7.14. The second-order valence-corrected chi connectivity index (χ2v) is 9.43. The number of halogens is 2. The highest BCUT2D eigenvalue weighted by Gasteiger charge is 2.24. The van der Waals surface area contributed by atoms with E-state index in [1.165, 1.54) is 19.2 Å².